The molecule has 1 aliphatic rings. The topological polar surface area (TPSA) is 139 Å². The summed E-state index contributed by atoms with van der Waals surface area (Å²) >= 11 is 0. The van der Waals surface area contributed by atoms with Gasteiger partial charge in [0.05, 0.1) is 6.33 Å². The van der Waals surface area contributed by atoms with Crippen LogP contribution in [0.2, 0.25) is 0 Å². The van der Waals surface area contributed by atoms with Crippen molar-refractivity contribution in [1.82, 2.24) is 19.5 Å². The predicted octanol–water partition coefficient (Wildman–Crippen LogP) is -1.41. The Balaban J connectivity index is 2.12. The Labute approximate surface area is 115 Å². The lowest BCUT2D eigenvalue weighted by Crippen LogP contribution is -2.41. The van der Waals surface area contributed by atoms with Gasteiger partial charge in [-0.05, 0) is 0 Å². The van der Waals surface area contributed by atoms with Gasteiger partial charge in [0.1, 0.15) is 6.61 Å². The number of aromatic amines is 1. The number of ether oxygens (including phenoxy) is 1. The maximum atomic E-state index is 14.0. The Morgan fingerprint density at radius 2 is 2.33 bits per heavy atom. The van der Waals surface area contributed by atoms with Crippen LogP contribution in [0.15, 0.2) is 11.1 Å². The fraction of sp³-hybridized carbons (Fsp3) is 0.500. The fourth-order valence-electron chi connectivity index (χ4n) is 2.20. The number of nitrogens with one attached hydrogen (secondary N) is 1. The van der Waals surface area contributed by atoms with Crippen molar-refractivity contribution < 1.29 is 23.7 Å². The molecule has 0 saturated carbocycles. The van der Waals surface area contributed by atoms with E-state index in [-0.39, 0.29) is 17.1 Å². The van der Waals surface area contributed by atoms with Crippen LogP contribution in [0, 0.1) is 0 Å². The Morgan fingerprint density at radius 3 is 2.95 bits per heavy atom. The van der Waals surface area contributed by atoms with Gasteiger partial charge in [-0.2, -0.15) is 4.98 Å². The highest BCUT2D eigenvalue weighted by Gasteiger charge is 2.57. The summed E-state index contributed by atoms with van der Waals surface area (Å²) in [5.74, 6) is -3.19. The first-order chi connectivity index (χ1) is 9.87. The number of rotatable bonds is 2. The van der Waals surface area contributed by atoms with E-state index >= 15 is 0 Å². The van der Waals surface area contributed by atoms with Crippen LogP contribution >= 0.6 is 0 Å². The SMILES string of the molecule is Nc1nc2c(ncn2C2OC(F)(CO)C(O)C2F)c(=O)[nH]1. The first-order valence-corrected chi connectivity index (χ1v) is 5.89. The summed E-state index contributed by atoms with van der Waals surface area (Å²) in [6, 6.07) is 0. The number of anilines is 1. The van der Waals surface area contributed by atoms with Gasteiger partial charge in [-0.15, -0.1) is 0 Å². The minimum Gasteiger partial charge on any atom is -0.390 e. The number of nitrogens with two attached hydrogens (primary N) is 1. The molecule has 1 saturated heterocycles. The van der Waals surface area contributed by atoms with Crippen molar-refractivity contribution in [3.05, 3.63) is 16.7 Å². The van der Waals surface area contributed by atoms with E-state index in [2.05, 4.69) is 15.0 Å². The molecular formula is C10H11F2N5O4. The Morgan fingerprint density at radius 1 is 1.62 bits per heavy atom. The van der Waals surface area contributed by atoms with E-state index in [0.717, 1.165) is 10.9 Å². The highest BCUT2D eigenvalue weighted by Crippen LogP contribution is 2.40. The van der Waals surface area contributed by atoms with Crippen LogP contribution in [0.1, 0.15) is 6.23 Å². The molecule has 3 rings (SSSR count). The average molecular weight is 303 g/mol. The van der Waals surface area contributed by atoms with Crippen molar-refractivity contribution in [3.63, 3.8) is 0 Å². The van der Waals surface area contributed by atoms with Crippen LogP contribution < -0.4 is 11.3 Å². The molecule has 11 heteroatoms. The molecule has 4 atom stereocenters. The molecule has 21 heavy (non-hydrogen) atoms. The smallest absolute Gasteiger partial charge is 0.280 e. The van der Waals surface area contributed by atoms with E-state index in [1.807, 2.05) is 0 Å². The molecular weight excluding hydrogens is 292 g/mol. The van der Waals surface area contributed by atoms with Gasteiger partial charge in [0, 0.05) is 0 Å². The lowest BCUT2D eigenvalue weighted by Gasteiger charge is -2.19. The molecule has 2 aromatic heterocycles. The third-order valence-corrected chi connectivity index (χ3v) is 3.27. The van der Waals surface area contributed by atoms with E-state index in [1.165, 1.54) is 0 Å². The van der Waals surface area contributed by atoms with Crippen molar-refractivity contribution in [3.8, 4) is 0 Å². The van der Waals surface area contributed by atoms with E-state index in [0.29, 0.717) is 0 Å². The van der Waals surface area contributed by atoms with E-state index in [9.17, 15) is 18.7 Å². The van der Waals surface area contributed by atoms with Gasteiger partial charge < -0.3 is 20.7 Å². The van der Waals surface area contributed by atoms with Gasteiger partial charge in [-0.25, -0.2) is 13.8 Å². The van der Waals surface area contributed by atoms with E-state index < -0.39 is 36.5 Å². The monoisotopic (exact) mass is 303 g/mol. The predicted molar refractivity (Wildman–Crippen MR) is 64.5 cm³/mol. The number of nitrogens with zero attached hydrogens (tertiary/aromatic N) is 3. The van der Waals surface area contributed by atoms with Crippen LogP contribution in [0.4, 0.5) is 14.7 Å². The maximum absolute atomic E-state index is 14.0. The molecule has 3 heterocycles. The van der Waals surface area contributed by atoms with Crippen LogP contribution in [-0.4, -0.2) is 54.5 Å². The minimum absolute atomic E-state index is 0.127. The van der Waals surface area contributed by atoms with Crippen molar-refractivity contribution in [2.45, 2.75) is 24.4 Å². The van der Waals surface area contributed by atoms with Gasteiger partial charge in [0.25, 0.3) is 11.4 Å². The second-order valence-corrected chi connectivity index (χ2v) is 4.62. The highest BCUT2D eigenvalue weighted by atomic mass is 19.2. The molecule has 0 bridgehead atoms. The lowest BCUT2D eigenvalue weighted by molar-refractivity contribution is -0.206. The van der Waals surface area contributed by atoms with Crippen molar-refractivity contribution in [2.75, 3.05) is 12.3 Å². The molecule has 0 aliphatic carbocycles. The fourth-order valence-corrected chi connectivity index (χ4v) is 2.20. The van der Waals surface area contributed by atoms with Crippen LogP contribution in [-0.2, 0) is 4.74 Å². The van der Waals surface area contributed by atoms with Crippen molar-refractivity contribution in [1.29, 1.82) is 0 Å². The minimum atomic E-state index is -2.95. The number of aliphatic hydroxyl groups excluding tert-OH is 2. The highest BCUT2D eigenvalue weighted by molar-refractivity contribution is 5.70. The Kier molecular flexibility index (Phi) is 2.93. The molecule has 9 nitrogen and oxygen atoms in total. The normalized spacial score (nSPS) is 32.9. The molecule has 0 amide bonds. The van der Waals surface area contributed by atoms with Gasteiger partial charge >= 0.3 is 0 Å². The van der Waals surface area contributed by atoms with Crippen LogP contribution in [0.25, 0.3) is 11.2 Å². The number of hydrogen-bond donors (Lipinski definition) is 4. The third-order valence-electron chi connectivity index (χ3n) is 3.27. The van der Waals surface area contributed by atoms with Crippen molar-refractivity contribution >= 4 is 17.1 Å². The molecule has 2 aromatic rings. The maximum Gasteiger partial charge on any atom is 0.280 e. The first-order valence-electron chi connectivity index (χ1n) is 5.89. The van der Waals surface area contributed by atoms with Gasteiger partial charge in [0.2, 0.25) is 5.95 Å². The quantitative estimate of drug-likeness (QED) is 0.534. The second kappa shape index (κ2) is 4.44. The molecule has 1 aliphatic heterocycles. The number of H-pyrrole nitrogens is 1. The number of nitrogen functional groups attached to an aromatic ring is 1. The summed E-state index contributed by atoms with van der Waals surface area (Å²) in [4.78, 5) is 21.3. The average Bonchev–Trinajstić information content (AvgIpc) is 2.95. The molecule has 5 N–H and O–H groups in total. The summed E-state index contributed by atoms with van der Waals surface area (Å²) < 4.78 is 33.7. The second-order valence-electron chi connectivity index (χ2n) is 4.62. The molecule has 0 spiro atoms. The summed E-state index contributed by atoms with van der Waals surface area (Å²) in [5.41, 5.74) is 4.46. The van der Waals surface area contributed by atoms with Gasteiger partial charge in [0.15, 0.2) is 29.7 Å². The number of halogens is 2. The van der Waals surface area contributed by atoms with Gasteiger partial charge in [-0.1, -0.05) is 0 Å². The number of aromatic nitrogens is 4. The van der Waals surface area contributed by atoms with Crippen molar-refractivity contribution in [2.24, 2.45) is 0 Å². The zero-order valence-electron chi connectivity index (χ0n) is 10.4. The Hall–Kier alpha value is -2.11. The summed E-state index contributed by atoms with van der Waals surface area (Å²) in [6.45, 7) is -1.23. The third kappa shape index (κ3) is 1.89. The van der Waals surface area contributed by atoms with E-state index in [4.69, 9.17) is 15.6 Å². The molecule has 0 aromatic carbocycles. The number of fused-ring (bicyclic) bond motifs is 1. The first kappa shape index (κ1) is 13.9. The zero-order valence-corrected chi connectivity index (χ0v) is 10.4. The number of hydrogen-bond acceptors (Lipinski definition) is 7. The van der Waals surface area contributed by atoms with Crippen LogP contribution in [0.5, 0.6) is 0 Å². The van der Waals surface area contributed by atoms with E-state index in [1.54, 1.807) is 0 Å². The molecule has 1 fully saturated rings. The Bertz CT molecular complexity index is 749. The lowest BCUT2D eigenvalue weighted by atomic mass is 10.1. The summed E-state index contributed by atoms with van der Waals surface area (Å²) in [7, 11) is 0. The number of aliphatic hydroxyl groups is 2. The largest absolute Gasteiger partial charge is 0.390 e. The standard InChI is InChI=1S/C10H11F2N5O4/c11-3-5(19)10(12,1-18)21-8(3)17-2-14-4-6(17)15-9(13)16-7(4)20/h2-3,5,8,18-19H,1H2,(H3,13,15,16,20). The molecule has 114 valence electrons. The molecule has 0 radical (unpaired) electrons. The molecule has 4 unspecified atom stereocenters. The van der Waals surface area contributed by atoms with Crippen LogP contribution in [0.3, 0.4) is 0 Å². The van der Waals surface area contributed by atoms with Gasteiger partial charge in [-0.3, -0.25) is 14.3 Å². The number of imidazole rings is 1. The number of alkyl halides is 2. The zero-order chi connectivity index (χ0) is 15.4. The summed E-state index contributed by atoms with van der Waals surface area (Å²) in [5, 5.41) is 18.4. The summed E-state index contributed by atoms with van der Waals surface area (Å²) in [6.07, 6.45) is -5.01.